The molecule has 7 heteroatoms. The van der Waals surface area contributed by atoms with E-state index >= 15 is 0 Å². The normalized spacial score (nSPS) is 16.7. The molecule has 0 bridgehead atoms. The molecule has 0 radical (unpaired) electrons. The van der Waals surface area contributed by atoms with E-state index in [0.29, 0.717) is 12.5 Å². The molecule has 2 aromatic carbocycles. The van der Waals surface area contributed by atoms with Crippen molar-refractivity contribution in [1.29, 1.82) is 0 Å². The van der Waals surface area contributed by atoms with Crippen LogP contribution in [0.4, 0.5) is 0 Å². The smallest absolute Gasteiger partial charge is 0.350 e. The number of aromatic nitrogens is 3. The number of carbonyl (C=O) groups is 1. The molecule has 1 aliphatic rings. The molecule has 0 spiro atoms. The van der Waals surface area contributed by atoms with Crippen LogP contribution in [0.2, 0.25) is 0 Å². The minimum absolute atomic E-state index is 0.0219. The summed E-state index contributed by atoms with van der Waals surface area (Å²) in [6.45, 7) is 10.1. The average Bonchev–Trinajstić information content (AvgIpc) is 3.30. The number of rotatable bonds is 9. The van der Waals surface area contributed by atoms with Crippen LogP contribution in [0.1, 0.15) is 76.5 Å². The van der Waals surface area contributed by atoms with Gasteiger partial charge in [0.15, 0.2) is 0 Å². The minimum Gasteiger partial charge on any atom is -0.464 e. The maximum Gasteiger partial charge on any atom is 0.350 e. The number of esters is 1. The Balaban J connectivity index is 1.47. The summed E-state index contributed by atoms with van der Waals surface area (Å²) >= 11 is 0. The molecule has 4 rings (SSSR count). The van der Waals surface area contributed by atoms with Gasteiger partial charge in [-0.1, -0.05) is 55.8 Å². The number of benzene rings is 2. The largest absolute Gasteiger partial charge is 0.464 e. The van der Waals surface area contributed by atoms with E-state index in [4.69, 9.17) is 4.74 Å². The van der Waals surface area contributed by atoms with Crippen molar-refractivity contribution < 1.29 is 9.53 Å². The van der Waals surface area contributed by atoms with Gasteiger partial charge in [0.2, 0.25) is 0 Å². The Kier molecular flexibility index (Phi) is 8.09. The number of nitrogens with zero attached hydrogens (tertiary/aromatic N) is 4. The van der Waals surface area contributed by atoms with E-state index < -0.39 is 5.54 Å². The van der Waals surface area contributed by atoms with Crippen LogP contribution in [0, 0.1) is 0 Å². The molecule has 0 N–H and O–H groups in total. The first-order chi connectivity index (χ1) is 17.4. The van der Waals surface area contributed by atoms with Crippen molar-refractivity contribution in [1.82, 2.24) is 19.2 Å². The highest BCUT2D eigenvalue weighted by atomic mass is 16.5. The van der Waals surface area contributed by atoms with Crippen molar-refractivity contribution in [2.45, 2.75) is 70.9 Å². The van der Waals surface area contributed by atoms with Crippen LogP contribution in [0.5, 0.6) is 0 Å². The Morgan fingerprint density at radius 3 is 2.33 bits per heavy atom. The van der Waals surface area contributed by atoms with Gasteiger partial charge in [0.25, 0.3) is 0 Å². The van der Waals surface area contributed by atoms with Crippen LogP contribution >= 0.6 is 0 Å². The van der Waals surface area contributed by atoms with Crippen LogP contribution in [0.25, 0.3) is 5.69 Å². The van der Waals surface area contributed by atoms with Gasteiger partial charge in [0.1, 0.15) is 11.9 Å². The fourth-order valence-electron chi connectivity index (χ4n) is 5.06. The van der Waals surface area contributed by atoms with Gasteiger partial charge in [-0.15, -0.1) is 0 Å². The maximum atomic E-state index is 13.3. The number of carbonyl (C=O) groups excluding carboxylic acids is 1. The van der Waals surface area contributed by atoms with E-state index in [1.807, 2.05) is 63.2 Å². The first-order valence-electron chi connectivity index (χ1n) is 13.1. The van der Waals surface area contributed by atoms with E-state index in [1.54, 1.807) is 10.9 Å². The van der Waals surface area contributed by atoms with E-state index in [1.165, 1.54) is 10.2 Å². The number of hydrogen-bond acceptors (Lipinski definition) is 5. The molecule has 1 fully saturated rings. The Labute approximate surface area is 213 Å². The van der Waals surface area contributed by atoms with Crippen LogP contribution in [-0.4, -0.2) is 44.9 Å². The molecule has 1 aliphatic heterocycles. The topological polar surface area (TPSA) is 69.4 Å². The first kappa shape index (κ1) is 25.9. The summed E-state index contributed by atoms with van der Waals surface area (Å²) in [7, 11) is 0. The number of ether oxygens (including phenoxy) is 1. The fraction of sp³-hybridized carbons (Fsp3) is 0.483. The average molecular weight is 491 g/mol. The molecule has 0 saturated carbocycles. The van der Waals surface area contributed by atoms with Gasteiger partial charge in [0.05, 0.1) is 18.3 Å². The predicted molar refractivity (Wildman–Crippen MR) is 141 cm³/mol. The second-order valence-corrected chi connectivity index (χ2v) is 10.1. The number of unbranched alkanes of at least 4 members (excludes halogenated alkanes) is 1. The molecule has 3 aromatic rings. The predicted octanol–water partition coefficient (Wildman–Crippen LogP) is 5.05. The van der Waals surface area contributed by atoms with Gasteiger partial charge < -0.3 is 4.74 Å². The Morgan fingerprint density at radius 2 is 1.75 bits per heavy atom. The SMILES string of the molecule is CCCCOC(=O)C(C)(c1ccccc1)N1CCC(c2ccc(-n3cnn(C(C)C)c3=O)cc2)CC1. The van der Waals surface area contributed by atoms with Gasteiger partial charge >= 0.3 is 11.7 Å². The molecular formula is C29H38N4O3. The van der Waals surface area contributed by atoms with Crippen molar-refractivity contribution in [2.75, 3.05) is 19.7 Å². The Bertz CT molecular complexity index is 1190. The van der Waals surface area contributed by atoms with E-state index in [9.17, 15) is 9.59 Å². The lowest BCUT2D eigenvalue weighted by molar-refractivity contribution is -0.159. The molecule has 1 saturated heterocycles. The monoisotopic (exact) mass is 490 g/mol. The van der Waals surface area contributed by atoms with E-state index in [-0.39, 0.29) is 17.7 Å². The minimum atomic E-state index is -0.804. The van der Waals surface area contributed by atoms with Crippen molar-refractivity contribution in [3.05, 3.63) is 82.5 Å². The summed E-state index contributed by atoms with van der Waals surface area (Å²) in [6, 6.07) is 18.2. The highest BCUT2D eigenvalue weighted by Crippen LogP contribution is 2.37. The molecule has 192 valence electrons. The summed E-state index contributed by atoms with van der Waals surface area (Å²) in [5, 5.41) is 4.22. The van der Waals surface area contributed by atoms with E-state index in [2.05, 4.69) is 29.1 Å². The standard InChI is InChI=1S/C29H38N4O3/c1-5-6-20-36-27(34)29(4,25-10-8-7-9-11-25)31-18-16-24(17-19-31)23-12-14-26(15-13-23)32-21-30-33(22(2)3)28(32)35/h7-15,21-22,24H,5-6,16-20H2,1-4H3. The zero-order valence-corrected chi connectivity index (χ0v) is 21.9. The van der Waals surface area contributed by atoms with Gasteiger partial charge in [-0.2, -0.15) is 5.10 Å². The van der Waals surface area contributed by atoms with Crippen molar-refractivity contribution in [2.24, 2.45) is 0 Å². The molecule has 2 heterocycles. The number of hydrogen-bond donors (Lipinski definition) is 0. The summed E-state index contributed by atoms with van der Waals surface area (Å²) < 4.78 is 8.80. The molecule has 7 nitrogen and oxygen atoms in total. The third kappa shape index (κ3) is 5.16. The number of piperidine rings is 1. The molecule has 0 amide bonds. The molecule has 0 aliphatic carbocycles. The van der Waals surface area contributed by atoms with Crippen molar-refractivity contribution >= 4 is 5.97 Å². The van der Waals surface area contributed by atoms with Gasteiger partial charge in [-0.25, -0.2) is 18.8 Å². The van der Waals surface area contributed by atoms with Crippen LogP contribution in [0.15, 0.2) is 65.7 Å². The third-order valence-corrected chi connectivity index (χ3v) is 7.42. The zero-order valence-electron chi connectivity index (χ0n) is 21.9. The number of likely N-dealkylation sites (tertiary alicyclic amines) is 1. The van der Waals surface area contributed by atoms with Crippen LogP contribution < -0.4 is 5.69 Å². The lowest BCUT2D eigenvalue weighted by atomic mass is 9.84. The van der Waals surface area contributed by atoms with Gasteiger partial charge in [0, 0.05) is 13.1 Å². The highest BCUT2D eigenvalue weighted by molar-refractivity contribution is 5.82. The van der Waals surface area contributed by atoms with Gasteiger partial charge in [-0.05, 0) is 69.2 Å². The molecular weight excluding hydrogens is 452 g/mol. The molecule has 1 unspecified atom stereocenters. The van der Waals surface area contributed by atoms with Crippen molar-refractivity contribution in [3.8, 4) is 5.69 Å². The summed E-state index contributed by atoms with van der Waals surface area (Å²) in [6.07, 6.45) is 5.36. The summed E-state index contributed by atoms with van der Waals surface area (Å²) in [4.78, 5) is 28.2. The maximum absolute atomic E-state index is 13.3. The lowest BCUT2D eigenvalue weighted by Gasteiger charge is -2.43. The highest BCUT2D eigenvalue weighted by Gasteiger charge is 2.44. The molecule has 1 aromatic heterocycles. The second-order valence-electron chi connectivity index (χ2n) is 10.1. The van der Waals surface area contributed by atoms with Crippen LogP contribution in [0.3, 0.4) is 0 Å². The van der Waals surface area contributed by atoms with Gasteiger partial charge in [-0.3, -0.25) is 4.90 Å². The van der Waals surface area contributed by atoms with Crippen molar-refractivity contribution in [3.63, 3.8) is 0 Å². The summed E-state index contributed by atoms with van der Waals surface area (Å²) in [5.74, 6) is 0.235. The zero-order chi connectivity index (χ0) is 25.7. The molecule has 1 atom stereocenters. The van der Waals surface area contributed by atoms with Crippen LogP contribution in [-0.2, 0) is 15.1 Å². The third-order valence-electron chi connectivity index (χ3n) is 7.42. The summed E-state index contributed by atoms with van der Waals surface area (Å²) in [5.41, 5.74) is 2.12. The quantitative estimate of drug-likeness (QED) is 0.310. The van der Waals surface area contributed by atoms with E-state index in [0.717, 1.165) is 50.0 Å². The Morgan fingerprint density at radius 1 is 1.08 bits per heavy atom. The fourth-order valence-corrected chi connectivity index (χ4v) is 5.06. The second kappa shape index (κ2) is 11.2. The molecule has 36 heavy (non-hydrogen) atoms. The Hall–Kier alpha value is -3.19. The lowest BCUT2D eigenvalue weighted by Crippen LogP contribution is -2.53. The first-order valence-corrected chi connectivity index (χ1v) is 13.1.